The van der Waals surface area contributed by atoms with Crippen LogP contribution in [0.4, 0.5) is 4.39 Å². The molecule has 0 bridgehead atoms. The summed E-state index contributed by atoms with van der Waals surface area (Å²) in [5.41, 5.74) is 1.16. The first-order chi connectivity index (χ1) is 13.8. The van der Waals surface area contributed by atoms with Gasteiger partial charge in [0.25, 0.3) is 0 Å². The summed E-state index contributed by atoms with van der Waals surface area (Å²) in [6, 6.07) is 12.6. The van der Waals surface area contributed by atoms with Crippen molar-refractivity contribution in [3.63, 3.8) is 0 Å². The fourth-order valence-electron chi connectivity index (χ4n) is 3.71. The molecule has 1 amide bonds. The molecule has 1 aliphatic carbocycles. The van der Waals surface area contributed by atoms with Crippen molar-refractivity contribution in [2.45, 2.75) is 43.0 Å². The van der Waals surface area contributed by atoms with Crippen LogP contribution in [0.3, 0.4) is 0 Å². The van der Waals surface area contributed by atoms with E-state index in [2.05, 4.69) is 10.0 Å². The van der Waals surface area contributed by atoms with Gasteiger partial charge in [-0.05, 0) is 54.3 Å². The molecule has 0 aromatic heterocycles. The second-order valence-corrected chi connectivity index (χ2v) is 8.96. The minimum absolute atomic E-state index is 0.183. The normalized spacial score (nSPS) is 16.2. The Morgan fingerprint density at radius 1 is 1.07 bits per heavy atom. The van der Waals surface area contributed by atoms with E-state index in [0.717, 1.165) is 36.8 Å². The van der Waals surface area contributed by atoms with Crippen molar-refractivity contribution in [3.8, 4) is 0 Å². The van der Waals surface area contributed by atoms with E-state index in [4.69, 9.17) is 0 Å². The highest BCUT2D eigenvalue weighted by Gasteiger charge is 2.36. The van der Waals surface area contributed by atoms with Crippen LogP contribution in [0.2, 0.25) is 0 Å². The zero-order chi connectivity index (χ0) is 20.9. The summed E-state index contributed by atoms with van der Waals surface area (Å²) in [6.45, 7) is 2.04. The van der Waals surface area contributed by atoms with Gasteiger partial charge >= 0.3 is 0 Å². The molecule has 154 valence electrons. The maximum Gasteiger partial charge on any atom is 0.244 e. The molecule has 1 aliphatic rings. The summed E-state index contributed by atoms with van der Waals surface area (Å²) in [4.78, 5) is 12.7. The smallest absolute Gasteiger partial charge is 0.244 e. The highest BCUT2D eigenvalue weighted by Crippen LogP contribution is 2.38. The lowest BCUT2D eigenvalue weighted by atomic mass is 9.88. The number of halogens is 1. The molecule has 0 radical (unpaired) electrons. The molecule has 2 aromatic carbocycles. The molecule has 0 saturated heterocycles. The molecule has 7 heteroatoms. The summed E-state index contributed by atoms with van der Waals surface area (Å²) in [7, 11) is -3.50. The number of hydrogen-bond donors (Lipinski definition) is 2. The van der Waals surface area contributed by atoms with E-state index in [9.17, 15) is 17.6 Å². The van der Waals surface area contributed by atoms with Crippen LogP contribution < -0.4 is 10.0 Å². The first-order valence-corrected chi connectivity index (χ1v) is 11.2. The number of amides is 1. The van der Waals surface area contributed by atoms with E-state index in [-0.39, 0.29) is 16.6 Å². The Balaban J connectivity index is 1.70. The number of sulfonamides is 1. The fourth-order valence-corrected chi connectivity index (χ4v) is 4.76. The molecule has 1 saturated carbocycles. The minimum atomic E-state index is -3.50. The molecular formula is C22H25FN2O3S. The monoisotopic (exact) mass is 416 g/mol. The number of hydrogen-bond acceptors (Lipinski definition) is 3. The summed E-state index contributed by atoms with van der Waals surface area (Å²) >= 11 is 0. The number of benzene rings is 2. The largest absolute Gasteiger partial charge is 0.343 e. The zero-order valence-corrected chi connectivity index (χ0v) is 17.1. The Labute approximate surface area is 171 Å². The lowest BCUT2D eigenvalue weighted by molar-refractivity contribution is -0.118. The van der Waals surface area contributed by atoms with Crippen molar-refractivity contribution in [1.29, 1.82) is 0 Å². The van der Waals surface area contributed by atoms with Gasteiger partial charge in [0, 0.05) is 12.6 Å². The second kappa shape index (κ2) is 8.88. The van der Waals surface area contributed by atoms with Gasteiger partial charge in [-0.3, -0.25) is 4.79 Å². The zero-order valence-electron chi connectivity index (χ0n) is 16.3. The summed E-state index contributed by atoms with van der Waals surface area (Å²) in [6.07, 6.45) is 6.72. The van der Waals surface area contributed by atoms with Crippen LogP contribution in [0.15, 0.2) is 59.5 Å². The molecule has 0 spiro atoms. The lowest BCUT2D eigenvalue weighted by Gasteiger charge is -2.30. The number of carbonyl (C=O) groups excluding carboxylic acids is 1. The van der Waals surface area contributed by atoms with Crippen LogP contribution in [0.25, 0.3) is 6.08 Å². The Morgan fingerprint density at radius 3 is 2.28 bits per heavy atom. The molecular weight excluding hydrogens is 391 g/mol. The van der Waals surface area contributed by atoms with Crippen LogP contribution in [-0.2, 0) is 20.4 Å². The number of carbonyl (C=O) groups is 1. The maximum atomic E-state index is 13.3. The molecule has 0 aliphatic heterocycles. The van der Waals surface area contributed by atoms with Crippen molar-refractivity contribution >= 4 is 22.0 Å². The van der Waals surface area contributed by atoms with Crippen LogP contribution in [0.1, 0.15) is 43.7 Å². The topological polar surface area (TPSA) is 75.3 Å². The lowest BCUT2D eigenvalue weighted by Crippen LogP contribution is -2.43. The molecule has 1 fully saturated rings. The van der Waals surface area contributed by atoms with Crippen LogP contribution in [0.5, 0.6) is 0 Å². The van der Waals surface area contributed by atoms with Gasteiger partial charge in [-0.25, -0.2) is 17.5 Å². The fraction of sp³-hybridized carbons (Fsp3) is 0.318. The Morgan fingerprint density at radius 2 is 1.69 bits per heavy atom. The van der Waals surface area contributed by atoms with Gasteiger partial charge in [0.05, 0.1) is 10.4 Å². The van der Waals surface area contributed by atoms with Crippen LogP contribution >= 0.6 is 0 Å². The third-order valence-electron chi connectivity index (χ3n) is 5.17. The van der Waals surface area contributed by atoms with E-state index in [1.54, 1.807) is 37.3 Å². The third kappa shape index (κ3) is 5.10. The van der Waals surface area contributed by atoms with Gasteiger partial charge in [-0.1, -0.05) is 44.0 Å². The molecule has 0 heterocycles. The van der Waals surface area contributed by atoms with Gasteiger partial charge in [0.15, 0.2) is 0 Å². The molecule has 0 atom stereocenters. The van der Waals surface area contributed by atoms with E-state index in [0.29, 0.717) is 6.54 Å². The van der Waals surface area contributed by atoms with E-state index in [1.165, 1.54) is 30.3 Å². The molecule has 29 heavy (non-hydrogen) atoms. The SMILES string of the molecule is CCNS(=O)(=O)c1ccc(/C=C/C(=O)NC2(c3ccc(F)cc3)CCCC2)cc1. The van der Waals surface area contributed by atoms with Crippen molar-refractivity contribution in [2.75, 3.05) is 6.54 Å². The molecule has 3 rings (SSSR count). The Hall–Kier alpha value is -2.51. The van der Waals surface area contributed by atoms with Crippen molar-refractivity contribution in [3.05, 3.63) is 71.6 Å². The molecule has 5 nitrogen and oxygen atoms in total. The second-order valence-electron chi connectivity index (χ2n) is 7.19. The van der Waals surface area contributed by atoms with Gasteiger partial charge in [-0.2, -0.15) is 0 Å². The van der Waals surface area contributed by atoms with Crippen LogP contribution in [0, 0.1) is 5.82 Å². The standard InChI is InChI=1S/C22H25FN2O3S/c1-2-24-29(27,28)20-12-5-17(6-13-20)7-14-21(26)25-22(15-3-4-16-22)18-8-10-19(23)11-9-18/h5-14,24H,2-4,15-16H2,1H3,(H,25,26)/b14-7+. The Kier molecular flexibility index (Phi) is 6.49. The minimum Gasteiger partial charge on any atom is -0.343 e. The molecule has 0 unspecified atom stereocenters. The van der Waals surface area contributed by atoms with Crippen LogP contribution in [-0.4, -0.2) is 20.9 Å². The summed E-state index contributed by atoms with van der Waals surface area (Å²) < 4.78 is 39.7. The first-order valence-electron chi connectivity index (χ1n) is 9.71. The summed E-state index contributed by atoms with van der Waals surface area (Å²) in [5.74, 6) is -0.534. The quantitative estimate of drug-likeness (QED) is 0.676. The highest BCUT2D eigenvalue weighted by molar-refractivity contribution is 7.89. The van der Waals surface area contributed by atoms with Gasteiger partial charge in [0.2, 0.25) is 15.9 Å². The number of nitrogens with one attached hydrogen (secondary N) is 2. The van der Waals surface area contributed by atoms with Gasteiger partial charge < -0.3 is 5.32 Å². The highest BCUT2D eigenvalue weighted by atomic mass is 32.2. The predicted octanol–water partition coefficient (Wildman–Crippen LogP) is 3.72. The van der Waals surface area contributed by atoms with Crippen molar-refractivity contribution in [2.24, 2.45) is 0 Å². The number of rotatable bonds is 7. The summed E-state index contributed by atoms with van der Waals surface area (Å²) in [5, 5.41) is 3.10. The Bertz CT molecular complexity index is 978. The average Bonchev–Trinajstić information content (AvgIpc) is 3.16. The van der Waals surface area contributed by atoms with E-state index in [1.807, 2.05) is 0 Å². The molecule has 2 aromatic rings. The predicted molar refractivity (Wildman–Crippen MR) is 111 cm³/mol. The van der Waals surface area contributed by atoms with Crippen molar-refractivity contribution < 1.29 is 17.6 Å². The first kappa shape index (κ1) is 21.2. The van der Waals surface area contributed by atoms with Crippen molar-refractivity contribution in [1.82, 2.24) is 10.0 Å². The average molecular weight is 417 g/mol. The molecule has 2 N–H and O–H groups in total. The van der Waals surface area contributed by atoms with E-state index >= 15 is 0 Å². The van der Waals surface area contributed by atoms with Gasteiger partial charge in [-0.15, -0.1) is 0 Å². The third-order valence-corrected chi connectivity index (χ3v) is 6.73. The van der Waals surface area contributed by atoms with Gasteiger partial charge in [0.1, 0.15) is 5.82 Å². The van der Waals surface area contributed by atoms with E-state index < -0.39 is 15.6 Å². The maximum absolute atomic E-state index is 13.3.